The highest BCUT2D eigenvalue weighted by Crippen LogP contribution is 2.18. The molecular formula is C12H23F3N2. The lowest BCUT2D eigenvalue weighted by Gasteiger charge is -2.34. The van der Waals surface area contributed by atoms with Gasteiger partial charge in [-0.3, -0.25) is 0 Å². The predicted octanol–water partition coefficient (Wildman–Crippen LogP) is 2.51. The van der Waals surface area contributed by atoms with Gasteiger partial charge in [0.1, 0.15) is 0 Å². The molecule has 1 aliphatic rings. The number of likely N-dealkylation sites (tertiary alicyclic amines) is 1. The van der Waals surface area contributed by atoms with Crippen molar-refractivity contribution in [3.63, 3.8) is 0 Å². The predicted molar refractivity (Wildman–Crippen MR) is 62.9 cm³/mol. The van der Waals surface area contributed by atoms with Crippen molar-refractivity contribution in [1.29, 1.82) is 0 Å². The monoisotopic (exact) mass is 252 g/mol. The van der Waals surface area contributed by atoms with E-state index in [0.717, 1.165) is 32.5 Å². The summed E-state index contributed by atoms with van der Waals surface area (Å²) in [6.45, 7) is 7.03. The molecule has 2 nitrogen and oxygen atoms in total. The molecule has 0 radical (unpaired) electrons. The number of halogens is 3. The van der Waals surface area contributed by atoms with E-state index in [1.54, 1.807) is 0 Å². The van der Waals surface area contributed by atoms with Crippen LogP contribution in [0.4, 0.5) is 13.2 Å². The largest absolute Gasteiger partial charge is 0.401 e. The summed E-state index contributed by atoms with van der Waals surface area (Å²) in [6.07, 6.45) is -1.95. The third-order valence-corrected chi connectivity index (χ3v) is 2.98. The summed E-state index contributed by atoms with van der Waals surface area (Å²) in [4.78, 5) is 2.37. The number of hydrogen-bond acceptors (Lipinski definition) is 2. The Bertz CT molecular complexity index is 216. The highest BCUT2D eigenvalue weighted by molar-refractivity contribution is 4.75. The number of rotatable bonds is 5. The summed E-state index contributed by atoms with van der Waals surface area (Å²) < 4.78 is 36.0. The van der Waals surface area contributed by atoms with Gasteiger partial charge in [-0.25, -0.2) is 0 Å². The van der Waals surface area contributed by atoms with E-state index in [1.165, 1.54) is 0 Å². The molecule has 1 atom stereocenters. The molecule has 1 N–H and O–H groups in total. The topological polar surface area (TPSA) is 15.3 Å². The third-order valence-electron chi connectivity index (χ3n) is 2.98. The molecule has 1 saturated heterocycles. The summed E-state index contributed by atoms with van der Waals surface area (Å²) in [5.74, 6) is 0.988. The lowest BCUT2D eigenvalue weighted by molar-refractivity contribution is -0.125. The zero-order valence-corrected chi connectivity index (χ0v) is 10.7. The fraction of sp³-hybridized carbons (Fsp3) is 1.00. The van der Waals surface area contributed by atoms with Gasteiger partial charge in [0.15, 0.2) is 0 Å². The maximum absolute atomic E-state index is 12.0. The van der Waals surface area contributed by atoms with Crippen molar-refractivity contribution < 1.29 is 13.2 Å². The molecule has 17 heavy (non-hydrogen) atoms. The number of piperidine rings is 1. The molecule has 1 aliphatic heterocycles. The molecule has 0 amide bonds. The Balaban J connectivity index is 2.20. The smallest absolute Gasteiger partial charge is 0.308 e. The Labute approximate surface area is 102 Å². The molecule has 1 fully saturated rings. The van der Waals surface area contributed by atoms with Gasteiger partial charge in [0, 0.05) is 13.1 Å². The third kappa shape index (κ3) is 6.88. The van der Waals surface area contributed by atoms with Crippen molar-refractivity contribution in [2.75, 3.05) is 32.7 Å². The van der Waals surface area contributed by atoms with Crippen molar-refractivity contribution >= 4 is 0 Å². The Kier molecular flexibility index (Phi) is 5.73. The summed E-state index contributed by atoms with van der Waals surface area (Å²) >= 11 is 0. The SMILES string of the molecule is CC(C)CN1CCCC(CNCC(F)(F)F)C1. The molecule has 0 aromatic carbocycles. The van der Waals surface area contributed by atoms with E-state index < -0.39 is 12.7 Å². The molecule has 1 heterocycles. The van der Waals surface area contributed by atoms with Crippen molar-refractivity contribution in [2.45, 2.75) is 32.9 Å². The first-order chi connectivity index (χ1) is 7.87. The fourth-order valence-electron chi connectivity index (χ4n) is 2.42. The van der Waals surface area contributed by atoms with E-state index in [9.17, 15) is 13.2 Å². The molecule has 0 aromatic rings. The quantitative estimate of drug-likeness (QED) is 0.808. The zero-order valence-electron chi connectivity index (χ0n) is 10.7. The molecule has 102 valence electrons. The second-order valence-corrected chi connectivity index (χ2v) is 5.41. The molecule has 1 rings (SSSR count). The molecular weight excluding hydrogens is 229 g/mol. The maximum atomic E-state index is 12.0. The van der Waals surface area contributed by atoms with Crippen molar-refractivity contribution in [1.82, 2.24) is 10.2 Å². The number of alkyl halides is 3. The average molecular weight is 252 g/mol. The van der Waals surface area contributed by atoms with Gasteiger partial charge in [0.25, 0.3) is 0 Å². The van der Waals surface area contributed by atoms with E-state index in [4.69, 9.17) is 0 Å². The van der Waals surface area contributed by atoms with Crippen LogP contribution < -0.4 is 5.32 Å². The minimum Gasteiger partial charge on any atom is -0.308 e. The van der Waals surface area contributed by atoms with Crippen LogP contribution in [-0.4, -0.2) is 43.8 Å². The van der Waals surface area contributed by atoms with Crippen molar-refractivity contribution in [2.24, 2.45) is 11.8 Å². The van der Waals surface area contributed by atoms with E-state index in [1.807, 2.05) is 0 Å². The number of nitrogens with one attached hydrogen (secondary N) is 1. The van der Waals surface area contributed by atoms with Crippen LogP contribution in [0.1, 0.15) is 26.7 Å². The van der Waals surface area contributed by atoms with Crippen LogP contribution in [0.15, 0.2) is 0 Å². The van der Waals surface area contributed by atoms with Crippen molar-refractivity contribution in [3.8, 4) is 0 Å². The van der Waals surface area contributed by atoms with Gasteiger partial charge in [0.05, 0.1) is 6.54 Å². The molecule has 0 aromatic heterocycles. The van der Waals surface area contributed by atoms with E-state index in [0.29, 0.717) is 18.4 Å². The van der Waals surface area contributed by atoms with Crippen molar-refractivity contribution in [3.05, 3.63) is 0 Å². The summed E-state index contributed by atoms with van der Waals surface area (Å²) in [5.41, 5.74) is 0. The standard InChI is InChI=1S/C12H23F3N2/c1-10(2)7-17-5-3-4-11(8-17)6-16-9-12(13,14)15/h10-11,16H,3-9H2,1-2H3. The second-order valence-electron chi connectivity index (χ2n) is 5.41. The molecule has 1 unspecified atom stereocenters. The lowest BCUT2D eigenvalue weighted by Crippen LogP contribution is -2.42. The van der Waals surface area contributed by atoms with Crippen LogP contribution in [0.5, 0.6) is 0 Å². The first-order valence-corrected chi connectivity index (χ1v) is 6.36. The maximum Gasteiger partial charge on any atom is 0.401 e. The highest BCUT2D eigenvalue weighted by atomic mass is 19.4. The molecule has 0 aliphatic carbocycles. The van der Waals surface area contributed by atoms with Crippen LogP contribution in [0.2, 0.25) is 0 Å². The Hall–Kier alpha value is -0.290. The van der Waals surface area contributed by atoms with Crippen LogP contribution in [0.25, 0.3) is 0 Å². The zero-order chi connectivity index (χ0) is 12.9. The minimum absolute atomic E-state index is 0.366. The molecule has 0 saturated carbocycles. The van der Waals surface area contributed by atoms with Gasteiger partial charge in [-0.15, -0.1) is 0 Å². The van der Waals surface area contributed by atoms with Gasteiger partial charge in [-0.1, -0.05) is 13.8 Å². The van der Waals surface area contributed by atoms with Gasteiger partial charge in [-0.05, 0) is 37.8 Å². The number of nitrogens with zero attached hydrogens (tertiary/aromatic N) is 1. The van der Waals surface area contributed by atoms with Crippen LogP contribution in [0.3, 0.4) is 0 Å². The van der Waals surface area contributed by atoms with Gasteiger partial charge >= 0.3 is 6.18 Å². The average Bonchev–Trinajstić information content (AvgIpc) is 2.15. The Morgan fingerprint density at radius 3 is 2.65 bits per heavy atom. The normalized spacial score (nSPS) is 23.3. The summed E-state index contributed by atoms with van der Waals surface area (Å²) in [7, 11) is 0. The van der Waals surface area contributed by atoms with Gasteiger partial charge in [-0.2, -0.15) is 13.2 Å². The van der Waals surface area contributed by atoms with E-state index >= 15 is 0 Å². The van der Waals surface area contributed by atoms with Crippen LogP contribution in [-0.2, 0) is 0 Å². The van der Waals surface area contributed by atoms with E-state index in [2.05, 4.69) is 24.1 Å². The summed E-state index contributed by atoms with van der Waals surface area (Å²) in [6, 6.07) is 0. The molecule has 0 bridgehead atoms. The molecule has 0 spiro atoms. The van der Waals surface area contributed by atoms with Crippen LogP contribution >= 0.6 is 0 Å². The van der Waals surface area contributed by atoms with Crippen LogP contribution in [0, 0.1) is 11.8 Å². The highest BCUT2D eigenvalue weighted by Gasteiger charge is 2.27. The first kappa shape index (κ1) is 14.8. The number of hydrogen-bond donors (Lipinski definition) is 1. The van der Waals surface area contributed by atoms with Gasteiger partial charge in [0.2, 0.25) is 0 Å². The molecule has 5 heteroatoms. The Morgan fingerprint density at radius 2 is 2.06 bits per heavy atom. The summed E-state index contributed by atoms with van der Waals surface area (Å²) in [5, 5.41) is 2.52. The second kappa shape index (κ2) is 6.59. The fourth-order valence-corrected chi connectivity index (χ4v) is 2.42. The lowest BCUT2D eigenvalue weighted by atomic mass is 9.97. The Morgan fingerprint density at radius 1 is 1.35 bits per heavy atom. The van der Waals surface area contributed by atoms with E-state index in [-0.39, 0.29) is 0 Å². The van der Waals surface area contributed by atoms with Gasteiger partial charge < -0.3 is 10.2 Å². The first-order valence-electron chi connectivity index (χ1n) is 6.36. The minimum atomic E-state index is -4.09.